The van der Waals surface area contributed by atoms with Crippen LogP contribution in [0.15, 0.2) is 12.3 Å². The minimum atomic E-state index is -0.436. The topological polar surface area (TPSA) is 90.0 Å². The highest BCUT2D eigenvalue weighted by atomic mass is 16.2. The van der Waals surface area contributed by atoms with E-state index >= 15 is 0 Å². The number of hydrogen-bond donors (Lipinski definition) is 1. The molecule has 6 atom stereocenters. The Balaban J connectivity index is 0.000000552. The standard InChI is InChI=1S/C11H19NO.C10H18N2O2.C9H17NO.CH4/c1-7-8(2)12(9(7)3)10(13)11(4,5)6;1-6-7(8(13)12(6)5)11-9(14)10(2,3)4;1-6-7(2)10(8(6)11)9(3,4)5;/h7,9H,2H2,1,3-6H3;6-7H,1-5H3,(H,11,14);6-7H,1-5H3;1H4. The molecule has 0 spiro atoms. The molecule has 3 aliphatic heterocycles. The van der Waals surface area contributed by atoms with E-state index in [1.54, 1.807) is 11.9 Å². The van der Waals surface area contributed by atoms with Crippen LogP contribution in [0.25, 0.3) is 0 Å². The fourth-order valence-electron chi connectivity index (χ4n) is 4.59. The number of likely N-dealkylation sites (tertiary alicyclic amines) is 3. The summed E-state index contributed by atoms with van der Waals surface area (Å²) in [7, 11) is 1.74. The second kappa shape index (κ2) is 12.4. The lowest BCUT2D eigenvalue weighted by Gasteiger charge is -2.51. The first-order chi connectivity index (χ1) is 16.9. The Morgan fingerprint density at radius 3 is 1.49 bits per heavy atom. The number of rotatable bonds is 1. The van der Waals surface area contributed by atoms with Crippen LogP contribution in [0.5, 0.6) is 0 Å². The number of likely N-dealkylation sites (N-methyl/N-ethyl adjacent to an activating group) is 1. The summed E-state index contributed by atoms with van der Waals surface area (Å²) < 4.78 is 0. The number of carbonyl (C=O) groups is 4. The predicted octanol–water partition coefficient (Wildman–Crippen LogP) is 5.08. The van der Waals surface area contributed by atoms with Crippen molar-refractivity contribution in [2.45, 2.75) is 134 Å². The van der Waals surface area contributed by atoms with Crippen molar-refractivity contribution >= 4 is 23.6 Å². The zero-order valence-electron chi connectivity index (χ0n) is 26.6. The lowest BCUT2D eigenvalue weighted by molar-refractivity contribution is -0.162. The predicted molar refractivity (Wildman–Crippen MR) is 160 cm³/mol. The van der Waals surface area contributed by atoms with Gasteiger partial charge in [0, 0.05) is 47.1 Å². The Labute approximate surface area is 238 Å². The molecule has 0 radical (unpaired) electrons. The van der Waals surface area contributed by atoms with Gasteiger partial charge in [0.1, 0.15) is 6.04 Å². The van der Waals surface area contributed by atoms with Crippen LogP contribution < -0.4 is 5.32 Å². The smallest absolute Gasteiger partial charge is 0.247 e. The molecule has 1 N–H and O–H groups in total. The summed E-state index contributed by atoms with van der Waals surface area (Å²) in [5.74, 6) is 1.08. The van der Waals surface area contributed by atoms with Gasteiger partial charge in [-0.15, -0.1) is 0 Å². The molecule has 3 rings (SSSR count). The van der Waals surface area contributed by atoms with Gasteiger partial charge in [0.05, 0.1) is 12.0 Å². The van der Waals surface area contributed by atoms with Crippen molar-refractivity contribution in [2.24, 2.45) is 22.7 Å². The average Bonchev–Trinajstić information content (AvgIpc) is 2.79. The van der Waals surface area contributed by atoms with Crippen molar-refractivity contribution in [3.63, 3.8) is 0 Å². The lowest BCUT2D eigenvalue weighted by atomic mass is 9.83. The summed E-state index contributed by atoms with van der Waals surface area (Å²) in [6.07, 6.45) is 0. The molecule has 3 heterocycles. The van der Waals surface area contributed by atoms with Crippen LogP contribution in [0.1, 0.15) is 104 Å². The molecule has 0 aromatic rings. The van der Waals surface area contributed by atoms with Gasteiger partial charge in [-0.1, -0.05) is 69.4 Å². The first kappa shape index (κ1) is 36.6. The monoisotopic (exact) mass is 550 g/mol. The van der Waals surface area contributed by atoms with E-state index in [0.717, 1.165) is 5.70 Å². The third kappa shape index (κ3) is 7.85. The number of amides is 4. The summed E-state index contributed by atoms with van der Waals surface area (Å²) >= 11 is 0. The quantitative estimate of drug-likeness (QED) is 0.461. The number of carbonyl (C=O) groups excluding carboxylic acids is 4. The first-order valence-corrected chi connectivity index (χ1v) is 13.8. The maximum atomic E-state index is 11.9. The molecule has 0 aromatic carbocycles. The Morgan fingerprint density at radius 1 is 0.744 bits per heavy atom. The highest BCUT2D eigenvalue weighted by molar-refractivity contribution is 5.94. The van der Waals surface area contributed by atoms with Gasteiger partial charge in [0.15, 0.2) is 0 Å². The normalized spacial score (nSPS) is 28.4. The van der Waals surface area contributed by atoms with Crippen LogP contribution in [0.3, 0.4) is 0 Å². The molecular formula is C31H58N4O4. The molecule has 226 valence electrons. The molecule has 0 bridgehead atoms. The number of hydrogen-bond acceptors (Lipinski definition) is 4. The maximum absolute atomic E-state index is 11.9. The van der Waals surface area contributed by atoms with Crippen LogP contribution in [-0.2, 0) is 19.2 Å². The summed E-state index contributed by atoms with van der Waals surface area (Å²) in [4.78, 5) is 51.6. The molecule has 39 heavy (non-hydrogen) atoms. The van der Waals surface area contributed by atoms with Crippen molar-refractivity contribution in [3.05, 3.63) is 12.3 Å². The highest BCUT2D eigenvalue weighted by Gasteiger charge is 2.46. The minimum absolute atomic E-state index is 0. The third-order valence-corrected chi connectivity index (χ3v) is 7.98. The second-order valence-corrected chi connectivity index (χ2v) is 14.2. The molecule has 6 unspecified atom stereocenters. The Hall–Kier alpha value is -2.38. The van der Waals surface area contributed by atoms with Gasteiger partial charge in [0.2, 0.25) is 23.6 Å². The SMILES string of the molecule is C.C=C1C(C)C(C)N1C(=O)C(C)(C)C.CC1C(=O)N(C(C)(C)C)C1C.CC1C(NC(=O)C(C)(C)C)C(=O)N1C. The van der Waals surface area contributed by atoms with Gasteiger partial charge in [-0.25, -0.2) is 0 Å². The largest absolute Gasteiger partial charge is 0.342 e. The van der Waals surface area contributed by atoms with Gasteiger partial charge < -0.3 is 20.0 Å². The van der Waals surface area contributed by atoms with E-state index in [4.69, 9.17) is 0 Å². The lowest BCUT2D eigenvalue weighted by Crippen LogP contribution is -2.68. The van der Waals surface area contributed by atoms with Crippen LogP contribution in [-0.4, -0.2) is 75.1 Å². The fraction of sp³-hybridized carbons (Fsp3) is 0.806. The molecule has 0 aromatic heterocycles. The van der Waals surface area contributed by atoms with E-state index in [1.165, 1.54) is 0 Å². The van der Waals surface area contributed by atoms with Gasteiger partial charge in [-0.3, -0.25) is 19.2 Å². The average molecular weight is 551 g/mol. The van der Waals surface area contributed by atoms with Crippen LogP contribution in [0, 0.1) is 22.7 Å². The summed E-state index contributed by atoms with van der Waals surface area (Å²) in [6, 6.07) is 0.516. The Morgan fingerprint density at radius 2 is 1.21 bits per heavy atom. The zero-order chi connectivity index (χ0) is 30.3. The summed E-state index contributed by atoms with van der Waals surface area (Å²) in [5, 5.41) is 2.76. The summed E-state index contributed by atoms with van der Waals surface area (Å²) in [5.41, 5.74) is 0.238. The maximum Gasteiger partial charge on any atom is 0.247 e. The van der Waals surface area contributed by atoms with E-state index in [-0.39, 0.29) is 54.1 Å². The molecule has 3 fully saturated rings. The second-order valence-electron chi connectivity index (χ2n) is 14.2. The molecule has 8 nitrogen and oxygen atoms in total. The molecule has 0 saturated carbocycles. The van der Waals surface area contributed by atoms with Crippen molar-refractivity contribution in [2.75, 3.05) is 7.05 Å². The van der Waals surface area contributed by atoms with E-state index in [0.29, 0.717) is 23.9 Å². The van der Waals surface area contributed by atoms with E-state index < -0.39 is 5.41 Å². The van der Waals surface area contributed by atoms with Gasteiger partial charge in [0.25, 0.3) is 0 Å². The zero-order valence-corrected chi connectivity index (χ0v) is 26.6. The van der Waals surface area contributed by atoms with Crippen LogP contribution in [0.2, 0.25) is 0 Å². The molecule has 8 heteroatoms. The third-order valence-electron chi connectivity index (χ3n) is 7.98. The van der Waals surface area contributed by atoms with E-state index in [1.807, 2.05) is 65.2 Å². The first-order valence-electron chi connectivity index (χ1n) is 13.8. The molecule has 4 amide bonds. The van der Waals surface area contributed by atoms with Crippen molar-refractivity contribution < 1.29 is 19.2 Å². The van der Waals surface area contributed by atoms with Gasteiger partial charge in [-0.2, -0.15) is 0 Å². The van der Waals surface area contributed by atoms with E-state index in [2.05, 4.69) is 53.4 Å². The Bertz CT molecular complexity index is 938. The fourth-order valence-corrected chi connectivity index (χ4v) is 4.59. The Kier molecular flexibility index (Phi) is 11.7. The molecule has 3 saturated heterocycles. The van der Waals surface area contributed by atoms with Crippen molar-refractivity contribution in [1.29, 1.82) is 0 Å². The van der Waals surface area contributed by atoms with Gasteiger partial charge >= 0.3 is 0 Å². The molecule has 3 aliphatic rings. The number of nitrogens with zero attached hydrogens (tertiary/aromatic N) is 3. The van der Waals surface area contributed by atoms with Crippen LogP contribution in [0.4, 0.5) is 0 Å². The van der Waals surface area contributed by atoms with Crippen molar-refractivity contribution in [1.82, 2.24) is 20.0 Å². The van der Waals surface area contributed by atoms with E-state index in [9.17, 15) is 19.2 Å². The number of nitrogens with one attached hydrogen (secondary N) is 1. The number of β-lactam (4-membered cyclic amide) rings is 2. The summed E-state index contributed by atoms with van der Waals surface area (Å²) in [6.45, 7) is 31.7. The molecular weight excluding hydrogens is 492 g/mol. The van der Waals surface area contributed by atoms with Crippen LogP contribution >= 0.6 is 0 Å². The molecule has 0 aliphatic carbocycles. The van der Waals surface area contributed by atoms with Crippen molar-refractivity contribution in [3.8, 4) is 0 Å². The highest BCUT2D eigenvalue weighted by Crippen LogP contribution is 2.37. The van der Waals surface area contributed by atoms with Gasteiger partial charge in [-0.05, 0) is 41.5 Å². The minimum Gasteiger partial charge on any atom is -0.342 e.